The fraction of sp³-hybridized carbons (Fsp3) is 0.976. The van der Waals surface area contributed by atoms with Gasteiger partial charge in [-0.05, 0) is 19.8 Å². The molecule has 450 valence electrons. The van der Waals surface area contributed by atoms with Gasteiger partial charge < -0.3 is 158 Å². The highest BCUT2D eigenvalue weighted by Crippen LogP contribution is 2.39. The summed E-state index contributed by atoms with van der Waals surface area (Å²) >= 11 is 0. The quantitative estimate of drug-likeness (QED) is 0.0334. The smallest absolute Gasteiger partial charge is 0.394 e. The first-order valence-electron chi connectivity index (χ1n) is 24.6. The van der Waals surface area contributed by atoms with Crippen LogP contribution in [0.1, 0.15) is 33.1 Å². The van der Waals surface area contributed by atoms with Gasteiger partial charge in [0.05, 0.1) is 45.7 Å². The Bertz CT molecular complexity index is 1860. The van der Waals surface area contributed by atoms with Crippen molar-refractivity contribution >= 4 is 13.6 Å². The SMILES string of the molecule is CCC1O[C@@H](OC2[C@H](OCC3O[C@@H](OCC4O[C@@H](OCCCC(C)=O)C(O)[C@@H](O[C@@H]5OC(CO)[C@H](O)[C@H](O)C5O[C@@H]5OC(COP(=O)(O)O)[C@H](O)[C@H](O)C5O)[C@H]4O)C(O)[C@@H](O)[C@H]3O)OC(CO)[C@H](O)[C@@H]2O)C(O)[C@@H](O)[C@H]1O. The van der Waals surface area contributed by atoms with Crippen LogP contribution in [0.2, 0.25) is 0 Å². The molecule has 35 heteroatoms. The van der Waals surface area contributed by atoms with Gasteiger partial charge in [0, 0.05) is 6.42 Å². The fourth-order valence-electron chi connectivity index (χ4n) is 9.24. The average molecular weight is 1150 g/mol. The number of ketones is 1. The van der Waals surface area contributed by atoms with E-state index in [-0.39, 0.29) is 31.7 Å². The molecule has 30 atom stereocenters. The Morgan fingerprint density at radius 1 is 0.416 bits per heavy atom. The molecule has 0 spiro atoms. The van der Waals surface area contributed by atoms with Gasteiger partial charge in [0.2, 0.25) is 0 Å². The maximum atomic E-state index is 11.8. The lowest BCUT2D eigenvalue weighted by molar-refractivity contribution is -0.391. The van der Waals surface area contributed by atoms with E-state index in [1.165, 1.54) is 6.92 Å². The van der Waals surface area contributed by atoms with E-state index in [0.29, 0.717) is 0 Å². The minimum atomic E-state index is -5.19. The Morgan fingerprint density at radius 3 is 1.29 bits per heavy atom. The van der Waals surface area contributed by atoms with Gasteiger partial charge in [-0.25, -0.2) is 4.57 Å². The van der Waals surface area contributed by atoms with Crippen LogP contribution in [-0.2, 0) is 70.7 Å². The van der Waals surface area contributed by atoms with Gasteiger partial charge in [-0.1, -0.05) is 6.92 Å². The van der Waals surface area contributed by atoms with E-state index in [1.807, 2.05) is 0 Å². The zero-order valence-electron chi connectivity index (χ0n) is 41.3. The minimum Gasteiger partial charge on any atom is -0.394 e. The van der Waals surface area contributed by atoms with Crippen molar-refractivity contribution in [3.63, 3.8) is 0 Å². The van der Waals surface area contributed by atoms with Crippen LogP contribution in [0.15, 0.2) is 0 Å². The van der Waals surface area contributed by atoms with Crippen molar-refractivity contribution < 1.29 is 167 Å². The molecule has 6 fully saturated rings. The number of phosphoric acid groups is 1. The molecule has 19 N–H and O–H groups in total. The van der Waals surface area contributed by atoms with Crippen molar-refractivity contribution in [2.24, 2.45) is 0 Å². The van der Waals surface area contributed by atoms with E-state index in [4.69, 9.17) is 56.8 Å². The molecule has 0 radical (unpaired) electrons. The third kappa shape index (κ3) is 15.4. The number of aliphatic hydroxyl groups is 17. The zero-order chi connectivity index (χ0) is 57.0. The van der Waals surface area contributed by atoms with E-state index in [1.54, 1.807) is 6.92 Å². The van der Waals surface area contributed by atoms with Crippen LogP contribution < -0.4 is 0 Å². The summed E-state index contributed by atoms with van der Waals surface area (Å²) in [5.41, 5.74) is 0. The highest BCUT2D eigenvalue weighted by atomic mass is 31.2. The summed E-state index contributed by atoms with van der Waals surface area (Å²) in [6.07, 6.45) is -56.6. The van der Waals surface area contributed by atoms with Crippen LogP contribution in [0.25, 0.3) is 0 Å². The summed E-state index contributed by atoms with van der Waals surface area (Å²) in [7, 11) is -5.19. The van der Waals surface area contributed by atoms with Crippen molar-refractivity contribution in [2.75, 3.05) is 39.6 Å². The molecule has 0 aromatic heterocycles. The molecule has 34 nitrogen and oxygen atoms in total. The largest absolute Gasteiger partial charge is 0.469 e. The normalized spacial score (nSPS) is 48.2. The Morgan fingerprint density at radius 2 is 0.792 bits per heavy atom. The number of ether oxygens (including phenoxy) is 12. The van der Waals surface area contributed by atoms with Crippen LogP contribution in [-0.4, -0.2) is 326 Å². The molecule has 6 aliphatic rings. The molecule has 6 heterocycles. The lowest BCUT2D eigenvalue weighted by Gasteiger charge is -2.48. The van der Waals surface area contributed by atoms with Crippen LogP contribution in [0, 0.1) is 0 Å². The summed E-state index contributed by atoms with van der Waals surface area (Å²) in [4.78, 5) is 30.0. The van der Waals surface area contributed by atoms with E-state index in [2.05, 4.69) is 4.52 Å². The minimum absolute atomic E-state index is 0.0103. The van der Waals surface area contributed by atoms with Gasteiger partial charge in [0.1, 0.15) is 146 Å². The maximum Gasteiger partial charge on any atom is 0.469 e. The second-order valence-electron chi connectivity index (χ2n) is 19.3. The first-order valence-corrected chi connectivity index (χ1v) is 26.1. The second-order valence-corrected chi connectivity index (χ2v) is 20.6. The van der Waals surface area contributed by atoms with Gasteiger partial charge in [0.25, 0.3) is 0 Å². The number of carbonyl (C=O) groups is 1. The molecule has 0 amide bonds. The molecule has 6 rings (SSSR count). The fourth-order valence-corrected chi connectivity index (χ4v) is 9.59. The molecule has 12 unspecified atom stereocenters. The number of carbonyl (C=O) groups excluding carboxylic acids is 1. The van der Waals surface area contributed by atoms with Gasteiger partial charge in [-0.15, -0.1) is 0 Å². The number of aliphatic hydroxyl groups excluding tert-OH is 17. The number of hydrogen-bond acceptors (Lipinski definition) is 32. The second kappa shape index (κ2) is 28.3. The molecule has 0 aliphatic carbocycles. The Kier molecular flexibility index (Phi) is 23.8. The van der Waals surface area contributed by atoms with E-state index >= 15 is 0 Å². The van der Waals surface area contributed by atoms with E-state index < -0.39 is 225 Å². The van der Waals surface area contributed by atoms with Crippen molar-refractivity contribution in [1.29, 1.82) is 0 Å². The highest BCUT2D eigenvalue weighted by Gasteiger charge is 2.56. The molecule has 6 aliphatic heterocycles. The number of rotatable bonds is 23. The number of hydrogen-bond donors (Lipinski definition) is 19. The Labute approximate surface area is 437 Å². The molecule has 0 aromatic carbocycles. The van der Waals surface area contributed by atoms with Gasteiger partial charge >= 0.3 is 7.82 Å². The summed E-state index contributed by atoms with van der Waals surface area (Å²) in [6.45, 7) is -2.03. The summed E-state index contributed by atoms with van der Waals surface area (Å²) in [6, 6.07) is 0. The van der Waals surface area contributed by atoms with E-state index in [0.717, 1.165) is 0 Å². The van der Waals surface area contributed by atoms with Gasteiger partial charge in [0.15, 0.2) is 37.7 Å². The van der Waals surface area contributed by atoms with Crippen molar-refractivity contribution in [3.05, 3.63) is 0 Å². The average Bonchev–Trinajstić information content (AvgIpc) is 3.40. The summed E-state index contributed by atoms with van der Waals surface area (Å²) in [5.74, 6) is -0.232. The summed E-state index contributed by atoms with van der Waals surface area (Å²) in [5, 5.41) is 183. The molecule has 6 saturated heterocycles. The van der Waals surface area contributed by atoms with Gasteiger partial charge in [-0.3, -0.25) is 4.52 Å². The lowest BCUT2D eigenvalue weighted by Crippen LogP contribution is -2.67. The standard InChI is InChI=1S/C42H73O34P/c1-3-13-19(46)25(52)31(58)39(68-13)75-35-28(55)20(47)14(7-43)69-41(35)66-9-16-22(49)26(53)30(57)37(71-16)65-10-17-24(51)34(33(60)38(72-17)64-6-4-5-12(2)45)74-42-36(29(56)21(48)15(8-44)70-42)76-40-32(59)27(54)23(50)18(73-40)11-67-77(61,62)63/h13-44,46-60H,3-11H2,1-2H3,(H2,61,62,63)/t13?,14?,15?,16?,17?,18?,19-,20-,21-,22-,23-,24-,25-,26-,27-,28-,29-,30?,31?,32?,33?,34-,35?,36?,37+,38+,39-,40-,41+,42-/m0/s1. The monoisotopic (exact) mass is 1150 g/mol. The van der Waals surface area contributed by atoms with Crippen molar-refractivity contribution in [3.8, 4) is 0 Å². The van der Waals surface area contributed by atoms with Gasteiger partial charge in [-0.2, -0.15) is 0 Å². The molecular weight excluding hydrogens is 1080 g/mol. The Hall–Kier alpha value is -1.38. The number of phosphoric ester groups is 1. The third-order valence-corrected chi connectivity index (χ3v) is 14.3. The van der Waals surface area contributed by atoms with Crippen LogP contribution in [0.4, 0.5) is 0 Å². The van der Waals surface area contributed by atoms with E-state index in [9.17, 15) is 106 Å². The predicted molar refractivity (Wildman–Crippen MR) is 237 cm³/mol. The molecular formula is C42H73O34P. The maximum absolute atomic E-state index is 11.8. The topological polar surface area (TPSA) is 539 Å². The molecule has 0 aromatic rings. The van der Waals surface area contributed by atoms with Crippen molar-refractivity contribution in [2.45, 2.75) is 217 Å². The van der Waals surface area contributed by atoms with Crippen LogP contribution in [0.5, 0.6) is 0 Å². The molecule has 0 saturated carbocycles. The summed E-state index contributed by atoms with van der Waals surface area (Å²) < 4.78 is 84.2. The van der Waals surface area contributed by atoms with Crippen LogP contribution >= 0.6 is 7.82 Å². The Balaban J connectivity index is 1.19. The molecule has 77 heavy (non-hydrogen) atoms. The first-order chi connectivity index (χ1) is 36.2. The first kappa shape index (κ1) is 64.8. The lowest BCUT2D eigenvalue weighted by atomic mass is 9.96. The molecule has 0 bridgehead atoms. The van der Waals surface area contributed by atoms with Crippen molar-refractivity contribution in [1.82, 2.24) is 0 Å². The highest BCUT2D eigenvalue weighted by molar-refractivity contribution is 7.46. The third-order valence-electron chi connectivity index (χ3n) is 13.8. The predicted octanol–water partition coefficient (Wildman–Crippen LogP) is -11.2. The van der Waals surface area contributed by atoms with Crippen LogP contribution in [0.3, 0.4) is 0 Å². The number of Topliss-reactive ketones (excluding diaryl/α,β-unsaturated/α-hetero) is 1. The zero-order valence-corrected chi connectivity index (χ0v) is 42.1.